The van der Waals surface area contributed by atoms with Gasteiger partial charge < -0.3 is 10.4 Å². The van der Waals surface area contributed by atoms with Crippen LogP contribution in [-0.2, 0) is 4.79 Å². The molecule has 0 spiro atoms. The molecule has 0 aromatic heterocycles. The van der Waals surface area contributed by atoms with Crippen LogP contribution in [0.25, 0.3) is 0 Å². The third kappa shape index (κ3) is 4.74. The maximum absolute atomic E-state index is 12.3. The standard InChI is InChI=1S/C14H19ClN2O3/c1-4-14(2,3)16-13(20)17(9-12(18)19)11-7-5-10(15)6-8-11/h5-8H,4,9H2,1-3H3,(H,16,20)(H,18,19). The number of carbonyl (C=O) groups is 2. The van der Waals surface area contributed by atoms with Crippen molar-refractivity contribution in [1.82, 2.24) is 5.32 Å². The Morgan fingerprint density at radius 3 is 2.30 bits per heavy atom. The molecular formula is C14H19ClN2O3. The van der Waals surface area contributed by atoms with Crippen LogP contribution in [0.4, 0.5) is 10.5 Å². The Morgan fingerprint density at radius 2 is 1.85 bits per heavy atom. The van der Waals surface area contributed by atoms with Gasteiger partial charge >= 0.3 is 12.0 Å². The maximum atomic E-state index is 12.3. The molecule has 20 heavy (non-hydrogen) atoms. The summed E-state index contributed by atoms with van der Waals surface area (Å²) in [7, 11) is 0. The molecule has 2 N–H and O–H groups in total. The molecule has 1 rings (SSSR count). The van der Waals surface area contributed by atoms with Gasteiger partial charge in [-0.15, -0.1) is 0 Å². The fourth-order valence-electron chi connectivity index (χ4n) is 1.48. The molecule has 6 heteroatoms. The summed E-state index contributed by atoms with van der Waals surface area (Å²) in [4.78, 5) is 24.4. The van der Waals surface area contributed by atoms with Crippen molar-refractivity contribution >= 4 is 29.3 Å². The summed E-state index contributed by atoms with van der Waals surface area (Å²) in [5.41, 5.74) is 0.0847. The lowest BCUT2D eigenvalue weighted by atomic mass is 10.0. The number of anilines is 1. The number of carboxylic acids is 1. The molecule has 0 unspecified atom stereocenters. The van der Waals surface area contributed by atoms with E-state index in [9.17, 15) is 9.59 Å². The predicted octanol–water partition coefficient (Wildman–Crippen LogP) is 3.13. The van der Waals surface area contributed by atoms with Gasteiger partial charge in [-0.05, 0) is 44.5 Å². The van der Waals surface area contributed by atoms with Crippen LogP contribution in [0.15, 0.2) is 24.3 Å². The normalized spacial score (nSPS) is 11.0. The van der Waals surface area contributed by atoms with Gasteiger partial charge in [-0.1, -0.05) is 18.5 Å². The van der Waals surface area contributed by atoms with Gasteiger partial charge in [0, 0.05) is 16.2 Å². The van der Waals surface area contributed by atoms with Crippen molar-refractivity contribution in [3.8, 4) is 0 Å². The predicted molar refractivity (Wildman–Crippen MR) is 79.3 cm³/mol. The Hall–Kier alpha value is -1.75. The van der Waals surface area contributed by atoms with Crippen molar-refractivity contribution in [2.75, 3.05) is 11.4 Å². The molecule has 0 fully saturated rings. The van der Waals surface area contributed by atoms with Gasteiger partial charge in [-0.25, -0.2) is 4.79 Å². The molecule has 1 aromatic rings. The zero-order valence-electron chi connectivity index (χ0n) is 11.8. The average molecular weight is 299 g/mol. The molecule has 0 heterocycles. The third-order valence-electron chi connectivity index (χ3n) is 3.01. The number of carboxylic acid groups (broad SMARTS) is 1. The number of benzene rings is 1. The SMILES string of the molecule is CCC(C)(C)NC(=O)N(CC(=O)O)c1ccc(Cl)cc1. The van der Waals surface area contributed by atoms with Crippen LogP contribution in [0.2, 0.25) is 5.02 Å². The maximum Gasteiger partial charge on any atom is 0.323 e. The smallest absolute Gasteiger partial charge is 0.323 e. The number of aliphatic carboxylic acids is 1. The van der Waals surface area contributed by atoms with E-state index in [1.807, 2.05) is 20.8 Å². The second-order valence-corrected chi connectivity index (χ2v) is 5.56. The van der Waals surface area contributed by atoms with Gasteiger partial charge in [0.15, 0.2) is 0 Å². The molecular weight excluding hydrogens is 280 g/mol. The number of nitrogens with one attached hydrogen (secondary N) is 1. The molecule has 0 radical (unpaired) electrons. The average Bonchev–Trinajstić information content (AvgIpc) is 2.36. The Balaban J connectivity index is 2.97. The van der Waals surface area contributed by atoms with E-state index >= 15 is 0 Å². The number of rotatable bonds is 5. The molecule has 1 aromatic carbocycles. The second kappa shape index (κ2) is 6.61. The van der Waals surface area contributed by atoms with Gasteiger partial charge in [0.05, 0.1) is 0 Å². The van der Waals surface area contributed by atoms with Crippen LogP contribution in [0.1, 0.15) is 27.2 Å². The van der Waals surface area contributed by atoms with Gasteiger partial charge in [0.2, 0.25) is 0 Å². The van der Waals surface area contributed by atoms with E-state index in [4.69, 9.17) is 16.7 Å². The van der Waals surface area contributed by atoms with Crippen molar-refractivity contribution in [2.24, 2.45) is 0 Å². The van der Waals surface area contributed by atoms with Crippen molar-refractivity contribution in [3.05, 3.63) is 29.3 Å². The van der Waals surface area contributed by atoms with Crippen LogP contribution in [0, 0.1) is 0 Å². The number of amides is 2. The fourth-order valence-corrected chi connectivity index (χ4v) is 1.61. The van der Waals surface area contributed by atoms with E-state index in [0.29, 0.717) is 10.7 Å². The first-order valence-electron chi connectivity index (χ1n) is 6.32. The lowest BCUT2D eigenvalue weighted by Gasteiger charge is -2.29. The first-order valence-corrected chi connectivity index (χ1v) is 6.70. The van der Waals surface area contributed by atoms with Crippen LogP contribution in [0.3, 0.4) is 0 Å². The summed E-state index contributed by atoms with van der Waals surface area (Å²) in [5.74, 6) is -1.08. The lowest BCUT2D eigenvalue weighted by molar-refractivity contribution is -0.135. The van der Waals surface area contributed by atoms with Crippen molar-refractivity contribution in [1.29, 1.82) is 0 Å². The Bertz CT molecular complexity index is 486. The Kier molecular flexibility index (Phi) is 5.39. The van der Waals surface area contributed by atoms with Gasteiger partial charge in [-0.3, -0.25) is 9.69 Å². The summed E-state index contributed by atoms with van der Waals surface area (Å²) >= 11 is 5.80. The molecule has 0 bridgehead atoms. The molecule has 0 aliphatic carbocycles. The number of carbonyl (C=O) groups excluding carboxylic acids is 1. The molecule has 0 saturated heterocycles. The number of halogens is 1. The minimum absolute atomic E-state index is 0.403. The summed E-state index contributed by atoms with van der Waals surface area (Å²) < 4.78 is 0. The van der Waals surface area contributed by atoms with Gasteiger partial charge in [0.25, 0.3) is 0 Å². The van der Waals surface area contributed by atoms with Crippen LogP contribution >= 0.6 is 11.6 Å². The number of hydrogen-bond acceptors (Lipinski definition) is 2. The third-order valence-corrected chi connectivity index (χ3v) is 3.26. The highest BCUT2D eigenvalue weighted by molar-refractivity contribution is 6.30. The van der Waals surface area contributed by atoms with E-state index < -0.39 is 24.1 Å². The minimum atomic E-state index is -1.08. The summed E-state index contributed by atoms with van der Waals surface area (Å²) in [6.07, 6.45) is 0.736. The molecule has 0 aliphatic rings. The highest BCUT2D eigenvalue weighted by atomic mass is 35.5. The minimum Gasteiger partial charge on any atom is -0.480 e. The molecule has 0 saturated carbocycles. The Labute approximate surface area is 123 Å². The lowest BCUT2D eigenvalue weighted by Crippen LogP contribution is -2.51. The van der Waals surface area contributed by atoms with E-state index in [2.05, 4.69) is 5.32 Å². The van der Waals surface area contributed by atoms with E-state index in [0.717, 1.165) is 6.42 Å². The summed E-state index contributed by atoms with van der Waals surface area (Å²) in [6, 6.07) is 6.02. The molecule has 0 aliphatic heterocycles. The second-order valence-electron chi connectivity index (χ2n) is 5.12. The zero-order valence-corrected chi connectivity index (χ0v) is 12.6. The number of nitrogens with zero attached hydrogens (tertiary/aromatic N) is 1. The number of hydrogen-bond donors (Lipinski definition) is 2. The van der Waals surface area contributed by atoms with Crippen LogP contribution in [-0.4, -0.2) is 29.2 Å². The van der Waals surface area contributed by atoms with Crippen molar-refractivity contribution in [2.45, 2.75) is 32.7 Å². The molecule has 2 amide bonds. The monoisotopic (exact) mass is 298 g/mol. The molecule has 5 nitrogen and oxygen atoms in total. The van der Waals surface area contributed by atoms with Crippen molar-refractivity contribution < 1.29 is 14.7 Å². The zero-order chi connectivity index (χ0) is 15.3. The largest absolute Gasteiger partial charge is 0.480 e. The quantitative estimate of drug-likeness (QED) is 0.877. The van der Waals surface area contributed by atoms with Crippen LogP contribution < -0.4 is 10.2 Å². The molecule has 110 valence electrons. The fraction of sp³-hybridized carbons (Fsp3) is 0.429. The van der Waals surface area contributed by atoms with Crippen molar-refractivity contribution in [3.63, 3.8) is 0 Å². The highest BCUT2D eigenvalue weighted by Gasteiger charge is 2.24. The first-order chi connectivity index (χ1) is 9.25. The highest BCUT2D eigenvalue weighted by Crippen LogP contribution is 2.19. The van der Waals surface area contributed by atoms with Crippen LogP contribution in [0.5, 0.6) is 0 Å². The van der Waals surface area contributed by atoms with Gasteiger partial charge in [-0.2, -0.15) is 0 Å². The topological polar surface area (TPSA) is 69.6 Å². The molecule has 0 atom stereocenters. The number of urea groups is 1. The van der Waals surface area contributed by atoms with Gasteiger partial charge in [0.1, 0.15) is 6.54 Å². The summed E-state index contributed by atoms with van der Waals surface area (Å²) in [6.45, 7) is 5.30. The summed E-state index contributed by atoms with van der Waals surface area (Å²) in [5, 5.41) is 12.3. The van der Waals surface area contributed by atoms with E-state index in [1.165, 1.54) is 4.90 Å². The van der Waals surface area contributed by atoms with E-state index in [1.54, 1.807) is 24.3 Å². The van der Waals surface area contributed by atoms with E-state index in [-0.39, 0.29) is 0 Å². The first kappa shape index (κ1) is 16.3. The Morgan fingerprint density at radius 1 is 1.30 bits per heavy atom.